The Labute approximate surface area is 131 Å². The van der Waals surface area contributed by atoms with E-state index >= 15 is 0 Å². The summed E-state index contributed by atoms with van der Waals surface area (Å²) in [5.41, 5.74) is 1.97. The van der Waals surface area contributed by atoms with Crippen LogP contribution in [0, 0.1) is 0 Å². The van der Waals surface area contributed by atoms with Crippen LogP contribution in [0.3, 0.4) is 0 Å². The molecular weight excluding hydrogens is 302 g/mol. The lowest BCUT2D eigenvalue weighted by Crippen LogP contribution is -2.34. The molecule has 0 unspecified atom stereocenters. The Morgan fingerprint density at radius 1 is 1.36 bits per heavy atom. The molecule has 2 amide bonds. The Kier molecular flexibility index (Phi) is 3.91. The number of carbonyl (C=O) groups excluding carboxylic acids is 2. The standard InChI is InChI=1S/C15H15N3O3S/c1-22-13-8-16-11-3-2-9(6-10(11)13)17-12-7-14(20)18(4-5-19)15(12)21/h2-3,6-8,16-17,19H,4-5H2,1H3. The van der Waals surface area contributed by atoms with Crippen LogP contribution >= 0.6 is 11.8 Å². The van der Waals surface area contributed by atoms with Crippen molar-refractivity contribution in [3.8, 4) is 0 Å². The van der Waals surface area contributed by atoms with Crippen molar-refractivity contribution in [2.45, 2.75) is 4.90 Å². The van der Waals surface area contributed by atoms with Gasteiger partial charge in [-0.25, -0.2) is 0 Å². The van der Waals surface area contributed by atoms with E-state index in [0.717, 1.165) is 26.4 Å². The minimum atomic E-state index is -0.418. The summed E-state index contributed by atoms with van der Waals surface area (Å²) in [7, 11) is 0. The molecule has 0 saturated heterocycles. The molecule has 0 saturated carbocycles. The molecule has 0 atom stereocenters. The van der Waals surface area contributed by atoms with Crippen LogP contribution in [-0.2, 0) is 9.59 Å². The molecule has 1 aromatic carbocycles. The van der Waals surface area contributed by atoms with Crippen LogP contribution in [-0.4, -0.2) is 46.2 Å². The number of imide groups is 1. The van der Waals surface area contributed by atoms with E-state index in [-0.39, 0.29) is 18.8 Å². The Hall–Kier alpha value is -2.25. The van der Waals surface area contributed by atoms with E-state index in [9.17, 15) is 9.59 Å². The van der Waals surface area contributed by atoms with Gasteiger partial charge in [-0.1, -0.05) is 0 Å². The Bertz CT molecular complexity index is 781. The third-order valence-corrected chi connectivity index (χ3v) is 4.25. The first kappa shape index (κ1) is 14.7. The maximum absolute atomic E-state index is 12.1. The van der Waals surface area contributed by atoms with Crippen molar-refractivity contribution in [1.29, 1.82) is 0 Å². The molecule has 0 fully saturated rings. The summed E-state index contributed by atoms with van der Waals surface area (Å²) in [6, 6.07) is 5.70. The van der Waals surface area contributed by atoms with E-state index < -0.39 is 11.8 Å². The molecule has 0 spiro atoms. The minimum Gasteiger partial charge on any atom is -0.395 e. The third-order valence-electron chi connectivity index (χ3n) is 3.48. The number of aliphatic hydroxyl groups is 1. The van der Waals surface area contributed by atoms with Crippen molar-refractivity contribution >= 4 is 40.2 Å². The number of nitrogens with zero attached hydrogens (tertiary/aromatic N) is 1. The van der Waals surface area contributed by atoms with Gasteiger partial charge in [-0.2, -0.15) is 0 Å². The van der Waals surface area contributed by atoms with Crippen LogP contribution < -0.4 is 5.32 Å². The predicted octanol–water partition coefficient (Wildman–Crippen LogP) is 1.55. The number of fused-ring (bicyclic) bond motifs is 1. The summed E-state index contributed by atoms with van der Waals surface area (Å²) in [6.45, 7) is -0.238. The van der Waals surface area contributed by atoms with Crippen molar-refractivity contribution in [2.75, 3.05) is 24.7 Å². The summed E-state index contributed by atoms with van der Waals surface area (Å²) in [4.78, 5) is 29.1. The summed E-state index contributed by atoms with van der Waals surface area (Å²) >= 11 is 1.63. The van der Waals surface area contributed by atoms with Crippen LogP contribution in [0.4, 0.5) is 5.69 Å². The zero-order chi connectivity index (χ0) is 15.7. The number of amides is 2. The largest absolute Gasteiger partial charge is 0.395 e. The number of β-amino-alcohol motifs (C(OH)–C–C–N with tert-alkyl or cyclic N) is 1. The number of aromatic amines is 1. The number of rotatable bonds is 5. The molecule has 7 heteroatoms. The number of aromatic nitrogens is 1. The smallest absolute Gasteiger partial charge is 0.277 e. The van der Waals surface area contributed by atoms with Gasteiger partial charge < -0.3 is 15.4 Å². The van der Waals surface area contributed by atoms with Gasteiger partial charge in [0.2, 0.25) is 0 Å². The number of nitrogens with one attached hydrogen (secondary N) is 2. The second-order valence-corrected chi connectivity index (χ2v) is 5.67. The molecule has 1 aliphatic rings. The third kappa shape index (κ3) is 2.49. The Balaban J connectivity index is 1.86. The highest BCUT2D eigenvalue weighted by Crippen LogP contribution is 2.29. The van der Waals surface area contributed by atoms with Gasteiger partial charge in [0.1, 0.15) is 5.70 Å². The normalized spacial score (nSPS) is 14.8. The second-order valence-electron chi connectivity index (χ2n) is 4.82. The van der Waals surface area contributed by atoms with Crippen LogP contribution in [0.5, 0.6) is 0 Å². The lowest BCUT2D eigenvalue weighted by Gasteiger charge is -2.13. The summed E-state index contributed by atoms with van der Waals surface area (Å²) in [6.07, 6.45) is 5.19. The number of thioether (sulfide) groups is 1. The molecule has 6 nitrogen and oxygen atoms in total. The highest BCUT2D eigenvalue weighted by molar-refractivity contribution is 7.98. The quantitative estimate of drug-likeness (QED) is 0.575. The van der Waals surface area contributed by atoms with Gasteiger partial charge >= 0.3 is 0 Å². The molecule has 1 aliphatic heterocycles. The van der Waals surface area contributed by atoms with Crippen molar-refractivity contribution in [3.05, 3.63) is 36.2 Å². The molecule has 0 aliphatic carbocycles. The Morgan fingerprint density at radius 3 is 2.91 bits per heavy atom. The number of hydrogen-bond acceptors (Lipinski definition) is 5. The van der Waals surface area contributed by atoms with Gasteiger partial charge in [0.15, 0.2) is 0 Å². The average Bonchev–Trinajstić information content (AvgIpc) is 3.03. The fraction of sp³-hybridized carbons (Fsp3) is 0.200. The second kappa shape index (κ2) is 5.86. The fourth-order valence-electron chi connectivity index (χ4n) is 2.41. The topological polar surface area (TPSA) is 85.4 Å². The first-order valence-corrected chi connectivity index (χ1v) is 7.97. The van der Waals surface area contributed by atoms with E-state index in [1.54, 1.807) is 11.8 Å². The van der Waals surface area contributed by atoms with Crippen LogP contribution in [0.1, 0.15) is 0 Å². The van der Waals surface area contributed by atoms with E-state index in [1.807, 2.05) is 30.7 Å². The molecule has 0 bridgehead atoms. The van der Waals surface area contributed by atoms with Crippen LogP contribution in [0.2, 0.25) is 0 Å². The van der Waals surface area contributed by atoms with Gasteiger partial charge in [-0.3, -0.25) is 14.5 Å². The van der Waals surface area contributed by atoms with E-state index in [0.29, 0.717) is 0 Å². The number of hydrogen-bond donors (Lipinski definition) is 3. The highest BCUT2D eigenvalue weighted by atomic mass is 32.2. The van der Waals surface area contributed by atoms with Crippen molar-refractivity contribution < 1.29 is 14.7 Å². The van der Waals surface area contributed by atoms with Crippen molar-refractivity contribution in [2.24, 2.45) is 0 Å². The monoisotopic (exact) mass is 317 g/mol. The van der Waals surface area contributed by atoms with E-state index in [1.165, 1.54) is 6.08 Å². The van der Waals surface area contributed by atoms with Gasteiger partial charge in [-0.15, -0.1) is 11.8 Å². The zero-order valence-electron chi connectivity index (χ0n) is 11.9. The molecule has 1 aromatic heterocycles. The van der Waals surface area contributed by atoms with Crippen LogP contribution in [0.15, 0.2) is 41.1 Å². The van der Waals surface area contributed by atoms with Gasteiger partial charge in [0, 0.05) is 33.8 Å². The zero-order valence-corrected chi connectivity index (χ0v) is 12.7. The summed E-state index contributed by atoms with van der Waals surface area (Å²) < 4.78 is 0. The van der Waals surface area contributed by atoms with E-state index in [2.05, 4.69) is 10.3 Å². The summed E-state index contributed by atoms with van der Waals surface area (Å²) in [5.74, 6) is -0.826. The molecule has 2 aromatic rings. The molecule has 2 heterocycles. The molecule has 22 heavy (non-hydrogen) atoms. The first-order chi connectivity index (χ1) is 10.6. The van der Waals surface area contributed by atoms with Gasteiger partial charge in [-0.05, 0) is 24.5 Å². The first-order valence-electron chi connectivity index (χ1n) is 6.74. The lowest BCUT2D eigenvalue weighted by molar-refractivity contribution is -0.137. The van der Waals surface area contributed by atoms with Crippen molar-refractivity contribution in [3.63, 3.8) is 0 Å². The number of carbonyl (C=O) groups is 2. The number of H-pyrrole nitrogens is 1. The number of anilines is 1. The minimum absolute atomic E-state index is 0.00676. The molecule has 3 N–H and O–H groups in total. The lowest BCUT2D eigenvalue weighted by atomic mass is 10.2. The Morgan fingerprint density at radius 2 is 2.18 bits per heavy atom. The maximum Gasteiger partial charge on any atom is 0.277 e. The van der Waals surface area contributed by atoms with Crippen LogP contribution in [0.25, 0.3) is 10.9 Å². The fourth-order valence-corrected chi connectivity index (χ4v) is 2.97. The van der Waals surface area contributed by atoms with Gasteiger partial charge in [0.25, 0.3) is 11.8 Å². The molecule has 0 radical (unpaired) electrons. The molecular formula is C15H15N3O3S. The molecule has 114 valence electrons. The highest BCUT2D eigenvalue weighted by Gasteiger charge is 2.30. The SMILES string of the molecule is CSc1c[nH]c2ccc(NC3=CC(=O)N(CCO)C3=O)cc12. The number of aliphatic hydroxyl groups excluding tert-OH is 1. The van der Waals surface area contributed by atoms with Crippen molar-refractivity contribution in [1.82, 2.24) is 9.88 Å². The maximum atomic E-state index is 12.1. The number of benzene rings is 1. The average molecular weight is 317 g/mol. The molecule has 3 rings (SSSR count). The predicted molar refractivity (Wildman–Crippen MR) is 85.6 cm³/mol. The summed E-state index contributed by atoms with van der Waals surface area (Å²) in [5, 5.41) is 12.9. The van der Waals surface area contributed by atoms with Gasteiger partial charge in [0.05, 0.1) is 13.2 Å². The van der Waals surface area contributed by atoms with E-state index in [4.69, 9.17) is 5.11 Å².